The molecule has 1 aromatic carbocycles. The molecule has 34 heavy (non-hydrogen) atoms. The molecule has 3 heterocycles. The second-order valence-electron chi connectivity index (χ2n) is 7.61. The van der Waals surface area contributed by atoms with Gasteiger partial charge in [-0.1, -0.05) is 18.2 Å². The SMILES string of the molecule is C=CC(=O)Nc1ccc(C(=O)N2CCCC2)cc1N1CCOCC1.COc1nc(N)ncc1Cl. The fraction of sp³-hybridized carbons (Fsp3) is 0.391. The average Bonchev–Trinajstić information content (AvgIpc) is 3.41. The number of hydrogen-bond donors (Lipinski definition) is 2. The standard InChI is InChI=1S/C18H23N3O3.C5H6ClN3O/c1-2-17(22)19-15-6-5-14(18(23)21-7-3-4-8-21)13-16(15)20-9-11-24-12-10-20;1-10-4-3(6)2-8-5(7)9-4/h2,5-6,13H,1,3-4,7-12H2,(H,19,22);2H,1H3,(H2,7,8,9). The summed E-state index contributed by atoms with van der Waals surface area (Å²) in [4.78, 5) is 35.7. The van der Waals surface area contributed by atoms with Gasteiger partial charge in [-0.2, -0.15) is 4.98 Å². The van der Waals surface area contributed by atoms with E-state index in [4.69, 9.17) is 26.8 Å². The van der Waals surface area contributed by atoms with Gasteiger partial charge in [0, 0.05) is 31.7 Å². The van der Waals surface area contributed by atoms with E-state index in [0.29, 0.717) is 35.4 Å². The van der Waals surface area contributed by atoms with Crippen molar-refractivity contribution in [3.63, 3.8) is 0 Å². The molecular formula is C23H29ClN6O4. The van der Waals surface area contributed by atoms with E-state index in [1.807, 2.05) is 11.0 Å². The Morgan fingerprint density at radius 3 is 2.56 bits per heavy atom. The van der Waals surface area contributed by atoms with Crippen LogP contribution >= 0.6 is 11.6 Å². The monoisotopic (exact) mass is 488 g/mol. The van der Waals surface area contributed by atoms with Crippen LogP contribution in [0.3, 0.4) is 0 Å². The van der Waals surface area contributed by atoms with Crippen LogP contribution in [0.15, 0.2) is 37.1 Å². The van der Waals surface area contributed by atoms with Crippen molar-refractivity contribution in [2.24, 2.45) is 0 Å². The summed E-state index contributed by atoms with van der Waals surface area (Å²) in [5.74, 6) is 0.252. The van der Waals surface area contributed by atoms with Crippen molar-refractivity contribution in [3.05, 3.63) is 47.6 Å². The molecule has 11 heteroatoms. The molecular weight excluding hydrogens is 460 g/mol. The summed E-state index contributed by atoms with van der Waals surface area (Å²) >= 11 is 5.59. The predicted octanol–water partition coefficient (Wildman–Crippen LogP) is 2.60. The zero-order valence-corrected chi connectivity index (χ0v) is 19.9. The smallest absolute Gasteiger partial charge is 0.253 e. The number of amides is 2. The summed E-state index contributed by atoms with van der Waals surface area (Å²) in [6.45, 7) is 7.88. The topological polar surface area (TPSA) is 123 Å². The highest BCUT2D eigenvalue weighted by atomic mass is 35.5. The van der Waals surface area contributed by atoms with Crippen molar-refractivity contribution >= 4 is 40.7 Å². The normalized spacial score (nSPS) is 15.2. The first-order chi connectivity index (χ1) is 16.4. The van der Waals surface area contributed by atoms with Crippen LogP contribution in [0.2, 0.25) is 5.02 Å². The number of nitrogens with zero attached hydrogens (tertiary/aromatic N) is 4. The molecule has 2 saturated heterocycles. The van der Waals surface area contributed by atoms with E-state index in [2.05, 4.69) is 26.8 Å². The Morgan fingerprint density at radius 1 is 1.24 bits per heavy atom. The van der Waals surface area contributed by atoms with E-state index >= 15 is 0 Å². The molecule has 0 bridgehead atoms. The number of rotatable bonds is 5. The summed E-state index contributed by atoms with van der Waals surface area (Å²) in [6.07, 6.45) is 4.76. The Labute approximate surface area is 203 Å². The van der Waals surface area contributed by atoms with Gasteiger partial charge in [-0.3, -0.25) is 9.59 Å². The highest BCUT2D eigenvalue weighted by molar-refractivity contribution is 6.31. The number of benzene rings is 1. The van der Waals surface area contributed by atoms with Crippen molar-refractivity contribution in [2.75, 3.05) is 62.5 Å². The van der Waals surface area contributed by atoms with Crippen molar-refractivity contribution in [1.29, 1.82) is 0 Å². The maximum absolute atomic E-state index is 12.7. The van der Waals surface area contributed by atoms with Gasteiger partial charge in [0.2, 0.25) is 17.7 Å². The summed E-state index contributed by atoms with van der Waals surface area (Å²) in [6, 6.07) is 5.46. The molecule has 2 aromatic rings. The molecule has 2 amide bonds. The third kappa shape index (κ3) is 6.58. The first-order valence-electron chi connectivity index (χ1n) is 10.9. The lowest BCUT2D eigenvalue weighted by Crippen LogP contribution is -2.37. The minimum absolute atomic E-state index is 0.0589. The zero-order chi connectivity index (χ0) is 24.5. The molecule has 3 N–H and O–H groups in total. The number of nitrogens with two attached hydrogens (primary N) is 1. The number of aromatic nitrogens is 2. The maximum Gasteiger partial charge on any atom is 0.253 e. The van der Waals surface area contributed by atoms with Crippen molar-refractivity contribution in [1.82, 2.24) is 14.9 Å². The summed E-state index contributed by atoms with van der Waals surface area (Å²) in [5, 5.41) is 3.19. The number of likely N-dealkylation sites (tertiary alicyclic amines) is 1. The Kier molecular flexibility index (Phi) is 9.06. The zero-order valence-electron chi connectivity index (χ0n) is 19.1. The Bertz CT molecular complexity index is 1020. The third-order valence-corrected chi connectivity index (χ3v) is 5.62. The van der Waals surface area contributed by atoms with E-state index in [-0.39, 0.29) is 17.8 Å². The van der Waals surface area contributed by atoms with Gasteiger partial charge in [-0.05, 0) is 37.1 Å². The van der Waals surface area contributed by atoms with Crippen LogP contribution in [-0.2, 0) is 9.53 Å². The quantitative estimate of drug-likeness (QED) is 0.615. The Morgan fingerprint density at radius 2 is 1.94 bits per heavy atom. The third-order valence-electron chi connectivity index (χ3n) is 5.36. The highest BCUT2D eigenvalue weighted by Gasteiger charge is 2.22. The molecule has 2 fully saturated rings. The Balaban J connectivity index is 0.000000271. The van der Waals surface area contributed by atoms with Crippen LogP contribution in [0.1, 0.15) is 23.2 Å². The summed E-state index contributed by atoms with van der Waals surface area (Å²) < 4.78 is 10.2. The highest BCUT2D eigenvalue weighted by Crippen LogP contribution is 2.29. The van der Waals surface area contributed by atoms with Crippen molar-refractivity contribution in [3.8, 4) is 5.88 Å². The van der Waals surface area contributed by atoms with Gasteiger partial charge >= 0.3 is 0 Å². The van der Waals surface area contributed by atoms with Gasteiger partial charge < -0.3 is 30.3 Å². The molecule has 2 aliphatic rings. The number of nitrogen functional groups attached to an aromatic ring is 1. The lowest BCUT2D eigenvalue weighted by Gasteiger charge is -2.31. The number of hydrogen-bond acceptors (Lipinski definition) is 8. The van der Waals surface area contributed by atoms with E-state index in [9.17, 15) is 9.59 Å². The molecule has 0 spiro atoms. The van der Waals surface area contributed by atoms with Gasteiger partial charge in [0.15, 0.2) is 0 Å². The molecule has 0 aliphatic carbocycles. The van der Waals surface area contributed by atoms with Crippen LogP contribution in [0.4, 0.5) is 17.3 Å². The Hall–Kier alpha value is -3.37. The van der Waals surface area contributed by atoms with Crippen LogP contribution in [-0.4, -0.2) is 73.2 Å². The largest absolute Gasteiger partial charge is 0.480 e. The van der Waals surface area contributed by atoms with Crippen LogP contribution in [0.25, 0.3) is 0 Å². The molecule has 0 atom stereocenters. The number of carbonyl (C=O) groups is 2. The fourth-order valence-electron chi connectivity index (χ4n) is 3.63. The number of halogens is 1. The molecule has 0 saturated carbocycles. The van der Waals surface area contributed by atoms with E-state index in [1.54, 1.807) is 12.1 Å². The molecule has 4 rings (SSSR count). The predicted molar refractivity (Wildman–Crippen MR) is 131 cm³/mol. The second kappa shape index (κ2) is 12.2. The van der Waals surface area contributed by atoms with Gasteiger partial charge in [-0.15, -0.1) is 0 Å². The van der Waals surface area contributed by atoms with Gasteiger partial charge in [0.1, 0.15) is 5.02 Å². The lowest BCUT2D eigenvalue weighted by atomic mass is 10.1. The molecule has 1 aromatic heterocycles. The lowest BCUT2D eigenvalue weighted by molar-refractivity contribution is -0.111. The van der Waals surface area contributed by atoms with Crippen molar-refractivity contribution in [2.45, 2.75) is 12.8 Å². The average molecular weight is 489 g/mol. The minimum Gasteiger partial charge on any atom is -0.480 e. The second-order valence-corrected chi connectivity index (χ2v) is 8.02. The van der Waals surface area contributed by atoms with E-state index in [1.165, 1.54) is 19.4 Å². The molecule has 182 valence electrons. The molecule has 0 radical (unpaired) electrons. The van der Waals surface area contributed by atoms with Gasteiger partial charge in [0.25, 0.3) is 5.91 Å². The summed E-state index contributed by atoms with van der Waals surface area (Å²) in [5.41, 5.74) is 7.46. The first kappa shape index (κ1) is 25.3. The van der Waals surface area contributed by atoms with Crippen molar-refractivity contribution < 1.29 is 19.1 Å². The van der Waals surface area contributed by atoms with Gasteiger partial charge in [0.05, 0.1) is 37.9 Å². The van der Waals surface area contributed by atoms with Crippen LogP contribution in [0, 0.1) is 0 Å². The number of nitrogens with one attached hydrogen (secondary N) is 1. The number of carbonyl (C=O) groups excluding carboxylic acids is 2. The number of ether oxygens (including phenoxy) is 2. The first-order valence-corrected chi connectivity index (χ1v) is 11.3. The number of anilines is 3. The maximum atomic E-state index is 12.7. The molecule has 2 aliphatic heterocycles. The van der Waals surface area contributed by atoms with E-state index < -0.39 is 0 Å². The fourth-order valence-corrected chi connectivity index (χ4v) is 3.80. The van der Waals surface area contributed by atoms with Crippen LogP contribution < -0.4 is 20.7 Å². The number of methoxy groups -OCH3 is 1. The molecule has 0 unspecified atom stereocenters. The molecule has 10 nitrogen and oxygen atoms in total. The van der Waals surface area contributed by atoms with E-state index in [0.717, 1.165) is 44.7 Å². The van der Waals surface area contributed by atoms with Crippen LogP contribution in [0.5, 0.6) is 5.88 Å². The number of morpholine rings is 1. The summed E-state index contributed by atoms with van der Waals surface area (Å²) in [7, 11) is 1.47. The van der Waals surface area contributed by atoms with Gasteiger partial charge in [-0.25, -0.2) is 4.98 Å². The minimum atomic E-state index is -0.261.